The van der Waals surface area contributed by atoms with Gasteiger partial charge >= 0.3 is 6.03 Å². The number of rotatable bonds is 7. The molecule has 1 aromatic carbocycles. The van der Waals surface area contributed by atoms with Gasteiger partial charge < -0.3 is 5.32 Å². The normalized spacial score (nSPS) is 22.2. The van der Waals surface area contributed by atoms with Crippen LogP contribution in [-0.4, -0.2) is 55.2 Å². The third-order valence-corrected chi connectivity index (χ3v) is 7.87. The van der Waals surface area contributed by atoms with Gasteiger partial charge in [0.1, 0.15) is 0 Å². The summed E-state index contributed by atoms with van der Waals surface area (Å²) < 4.78 is 0. The average Bonchev–Trinajstić information content (AvgIpc) is 2.78. The van der Waals surface area contributed by atoms with Crippen LogP contribution in [0, 0.1) is 24.7 Å². The van der Waals surface area contributed by atoms with Crippen molar-refractivity contribution in [1.29, 1.82) is 0 Å². The van der Waals surface area contributed by atoms with Gasteiger partial charge in [-0.3, -0.25) is 14.7 Å². The Labute approximate surface area is 201 Å². The average molecular weight is 453 g/mol. The minimum Gasteiger partial charge on any atom is -0.312 e. The number of nitrogens with zero attached hydrogens (tertiary/aromatic N) is 3. The molecule has 1 N–H and O–H groups in total. The summed E-state index contributed by atoms with van der Waals surface area (Å²) in [6.07, 6.45) is 8.64. The number of carbonyl (C=O) groups excluding carboxylic acids is 1. The summed E-state index contributed by atoms with van der Waals surface area (Å²) >= 11 is 0. The van der Waals surface area contributed by atoms with E-state index in [0.717, 1.165) is 54.2 Å². The molecule has 0 aromatic heterocycles. The maximum Gasteiger partial charge on any atom is 0.326 e. The summed E-state index contributed by atoms with van der Waals surface area (Å²) in [5.74, 6) is 2.52. The minimum absolute atomic E-state index is 0.0481. The van der Waals surface area contributed by atoms with Crippen LogP contribution in [0.1, 0.15) is 63.5 Å². The van der Waals surface area contributed by atoms with Crippen molar-refractivity contribution >= 4 is 11.7 Å². The molecule has 3 heterocycles. The number of hydrogen-bond acceptors (Lipinski definition) is 3. The van der Waals surface area contributed by atoms with Crippen molar-refractivity contribution in [3.63, 3.8) is 0 Å². The van der Waals surface area contributed by atoms with Gasteiger partial charge in [-0.05, 0) is 107 Å². The van der Waals surface area contributed by atoms with Crippen LogP contribution in [0.2, 0.25) is 0 Å². The van der Waals surface area contributed by atoms with E-state index in [1.165, 1.54) is 63.8 Å². The fraction of sp³-hybridized carbons (Fsp3) is 0.679. The fourth-order valence-corrected chi connectivity index (χ4v) is 5.91. The fourth-order valence-electron chi connectivity index (χ4n) is 5.91. The highest BCUT2D eigenvalue weighted by atomic mass is 16.2. The number of amides is 2. The molecule has 0 radical (unpaired) electrons. The van der Waals surface area contributed by atoms with Gasteiger partial charge in [0, 0.05) is 24.4 Å². The molecule has 5 nitrogen and oxygen atoms in total. The van der Waals surface area contributed by atoms with E-state index in [9.17, 15) is 4.79 Å². The summed E-state index contributed by atoms with van der Waals surface area (Å²) in [5, 5.41) is 2.89. The van der Waals surface area contributed by atoms with E-state index in [1.54, 1.807) is 0 Å². The van der Waals surface area contributed by atoms with Gasteiger partial charge in [-0.2, -0.15) is 0 Å². The van der Waals surface area contributed by atoms with Crippen molar-refractivity contribution in [1.82, 2.24) is 15.1 Å². The molecule has 182 valence electrons. The Hall–Kier alpha value is -1.85. The van der Waals surface area contributed by atoms with Crippen LogP contribution < -0.4 is 10.2 Å². The van der Waals surface area contributed by atoms with E-state index in [0.29, 0.717) is 6.54 Å². The zero-order valence-electron chi connectivity index (χ0n) is 21.1. The van der Waals surface area contributed by atoms with Gasteiger partial charge in [-0.1, -0.05) is 32.6 Å². The summed E-state index contributed by atoms with van der Waals surface area (Å²) in [4.78, 5) is 19.7. The Bertz CT molecular complexity index is 819. The second kappa shape index (κ2) is 11.1. The molecule has 3 aliphatic heterocycles. The Balaban J connectivity index is 1.24. The number of likely N-dealkylation sites (tertiary alicyclic amines) is 2. The third-order valence-electron chi connectivity index (χ3n) is 7.87. The monoisotopic (exact) mass is 452 g/mol. The topological polar surface area (TPSA) is 38.8 Å². The number of hydrogen-bond donors (Lipinski definition) is 1. The Morgan fingerprint density at radius 2 is 1.64 bits per heavy atom. The molecule has 3 aliphatic rings. The largest absolute Gasteiger partial charge is 0.326 e. The lowest BCUT2D eigenvalue weighted by molar-refractivity contribution is 0.0682. The number of benzene rings is 1. The molecule has 1 aromatic rings. The summed E-state index contributed by atoms with van der Waals surface area (Å²) in [6.45, 7) is 17.6. The van der Waals surface area contributed by atoms with Crippen LogP contribution in [0.4, 0.5) is 10.5 Å². The van der Waals surface area contributed by atoms with E-state index in [-0.39, 0.29) is 6.03 Å². The number of nitrogens with one attached hydrogen (secondary N) is 1. The van der Waals surface area contributed by atoms with Crippen LogP contribution in [0.5, 0.6) is 0 Å². The molecule has 0 spiro atoms. The second-order valence-corrected chi connectivity index (χ2v) is 11.2. The first kappa shape index (κ1) is 24.3. The molecule has 5 heteroatoms. The first-order valence-corrected chi connectivity index (χ1v) is 13.2. The molecule has 0 bridgehead atoms. The number of piperidine rings is 2. The lowest BCUT2D eigenvalue weighted by Crippen LogP contribution is -2.45. The second-order valence-electron chi connectivity index (χ2n) is 11.2. The van der Waals surface area contributed by atoms with Crippen LogP contribution in [0.3, 0.4) is 0 Å². The Morgan fingerprint density at radius 1 is 1.00 bits per heavy atom. The van der Waals surface area contributed by atoms with Crippen molar-refractivity contribution in [3.8, 4) is 0 Å². The van der Waals surface area contributed by atoms with Gasteiger partial charge in [0.2, 0.25) is 0 Å². The zero-order chi connectivity index (χ0) is 23.4. The molecule has 2 amide bonds. The molecule has 0 aliphatic carbocycles. The van der Waals surface area contributed by atoms with Crippen LogP contribution in [0.15, 0.2) is 30.5 Å². The summed E-state index contributed by atoms with van der Waals surface area (Å²) in [6, 6.07) is 6.64. The van der Waals surface area contributed by atoms with Crippen molar-refractivity contribution in [2.45, 2.75) is 65.7 Å². The van der Waals surface area contributed by atoms with Crippen LogP contribution >= 0.6 is 0 Å². The van der Waals surface area contributed by atoms with Gasteiger partial charge in [0.25, 0.3) is 0 Å². The molecule has 0 saturated carbocycles. The minimum atomic E-state index is -0.0481. The standard InChI is InChI=1S/C28H44N4O/c1-21(2)17-24-8-12-30(13-9-24)20-31-14-10-25(11-15-31)18-26-6-5-22(3)27(19-26)32-16-7-23(4)29-28(32)33/h5-6,19,21,24-25H,4,7-18,20H2,1-3H3,(H,29,33). The van der Waals surface area contributed by atoms with Crippen molar-refractivity contribution in [2.75, 3.05) is 44.3 Å². The van der Waals surface area contributed by atoms with E-state index in [2.05, 4.69) is 60.7 Å². The number of urea groups is 1. The Morgan fingerprint density at radius 3 is 2.24 bits per heavy atom. The molecule has 3 fully saturated rings. The lowest BCUT2D eigenvalue weighted by atomic mass is 9.88. The molecular formula is C28H44N4O. The molecule has 0 atom stereocenters. The molecule has 4 rings (SSSR count). The van der Waals surface area contributed by atoms with Gasteiger partial charge in [0.05, 0.1) is 6.67 Å². The summed E-state index contributed by atoms with van der Waals surface area (Å²) in [5.41, 5.74) is 4.39. The molecule has 0 unspecified atom stereocenters. The molecular weight excluding hydrogens is 408 g/mol. The highest BCUT2D eigenvalue weighted by Crippen LogP contribution is 2.29. The zero-order valence-corrected chi connectivity index (χ0v) is 21.1. The first-order chi connectivity index (χ1) is 15.9. The van der Waals surface area contributed by atoms with E-state index >= 15 is 0 Å². The lowest BCUT2D eigenvalue weighted by Gasteiger charge is -2.39. The maximum absolute atomic E-state index is 12.5. The van der Waals surface area contributed by atoms with E-state index in [4.69, 9.17) is 0 Å². The highest BCUT2D eigenvalue weighted by molar-refractivity contribution is 5.94. The highest BCUT2D eigenvalue weighted by Gasteiger charge is 2.26. The number of carbonyl (C=O) groups is 1. The maximum atomic E-state index is 12.5. The first-order valence-electron chi connectivity index (χ1n) is 13.2. The Kier molecular flexibility index (Phi) is 8.13. The van der Waals surface area contributed by atoms with Crippen molar-refractivity contribution in [3.05, 3.63) is 41.6 Å². The van der Waals surface area contributed by atoms with Gasteiger partial charge in [0.15, 0.2) is 0 Å². The quantitative estimate of drug-likeness (QED) is 0.602. The van der Waals surface area contributed by atoms with Crippen molar-refractivity contribution in [2.24, 2.45) is 17.8 Å². The smallest absolute Gasteiger partial charge is 0.312 e. The number of anilines is 1. The van der Waals surface area contributed by atoms with Crippen LogP contribution in [-0.2, 0) is 6.42 Å². The van der Waals surface area contributed by atoms with E-state index in [1.807, 2.05) is 4.90 Å². The third kappa shape index (κ3) is 6.60. The van der Waals surface area contributed by atoms with E-state index < -0.39 is 0 Å². The van der Waals surface area contributed by atoms with Crippen LogP contribution in [0.25, 0.3) is 0 Å². The van der Waals surface area contributed by atoms with Gasteiger partial charge in [-0.15, -0.1) is 0 Å². The number of aryl methyl sites for hydroxylation is 1. The van der Waals surface area contributed by atoms with Crippen molar-refractivity contribution < 1.29 is 4.79 Å². The SMILES string of the molecule is C=C1CCN(c2cc(CC3CCN(CN4CCC(CC(C)C)CC4)CC3)ccc2C)C(=O)N1. The van der Waals surface area contributed by atoms with Gasteiger partial charge in [-0.25, -0.2) is 4.79 Å². The molecule has 33 heavy (non-hydrogen) atoms. The summed E-state index contributed by atoms with van der Waals surface area (Å²) in [7, 11) is 0. The predicted molar refractivity (Wildman–Crippen MR) is 137 cm³/mol. The molecule has 3 saturated heterocycles. The predicted octanol–water partition coefficient (Wildman–Crippen LogP) is 5.40.